The predicted octanol–water partition coefficient (Wildman–Crippen LogP) is 1.43. The Balaban J connectivity index is 1.80. The van der Waals surface area contributed by atoms with Crippen LogP contribution in [0.1, 0.15) is 12.5 Å². The second-order valence-electron chi connectivity index (χ2n) is 5.90. The summed E-state index contributed by atoms with van der Waals surface area (Å²) in [5, 5.41) is 0. The van der Waals surface area contributed by atoms with Crippen molar-refractivity contribution in [2.24, 2.45) is 0 Å². The van der Waals surface area contributed by atoms with Gasteiger partial charge in [-0.15, -0.1) is 0 Å². The molecule has 0 aliphatic carbocycles. The summed E-state index contributed by atoms with van der Waals surface area (Å²) >= 11 is 0. The molecule has 2 saturated heterocycles. The minimum Gasteiger partial charge on any atom is -0.342 e. The van der Waals surface area contributed by atoms with Gasteiger partial charge in [-0.2, -0.15) is 0 Å². The Bertz CT molecular complexity index is 617. The van der Waals surface area contributed by atoms with E-state index in [0.29, 0.717) is 18.7 Å². The molecule has 0 N–H and O–H groups in total. The van der Waals surface area contributed by atoms with Crippen molar-refractivity contribution in [3.05, 3.63) is 35.4 Å². The smallest absolute Gasteiger partial charge is 0.321 e. The lowest BCUT2D eigenvalue weighted by Gasteiger charge is -2.38. The normalized spacial score (nSPS) is 25.0. The van der Waals surface area contributed by atoms with Crippen molar-refractivity contribution in [1.82, 2.24) is 14.7 Å². The highest BCUT2D eigenvalue weighted by atomic mass is 19.1. The molecule has 2 aliphatic heterocycles. The number of urea groups is 1. The van der Waals surface area contributed by atoms with E-state index in [1.54, 1.807) is 23.8 Å². The number of nitrogens with zero attached hydrogens (tertiary/aromatic N) is 3. The molecule has 22 heavy (non-hydrogen) atoms. The van der Waals surface area contributed by atoms with Crippen molar-refractivity contribution < 1.29 is 18.4 Å². The van der Waals surface area contributed by atoms with Crippen LogP contribution in [0.25, 0.3) is 0 Å². The fourth-order valence-corrected chi connectivity index (χ4v) is 3.27. The summed E-state index contributed by atoms with van der Waals surface area (Å²) in [6.07, 6.45) is 0. The summed E-state index contributed by atoms with van der Waals surface area (Å²) in [6, 6.07) is 2.38. The molecule has 2 heterocycles. The average Bonchev–Trinajstić information content (AvgIpc) is 2.71. The molecule has 2 fully saturated rings. The molecule has 0 aromatic heterocycles. The van der Waals surface area contributed by atoms with Crippen LogP contribution in [0.2, 0.25) is 0 Å². The van der Waals surface area contributed by atoms with E-state index in [4.69, 9.17) is 0 Å². The second kappa shape index (κ2) is 5.23. The van der Waals surface area contributed by atoms with E-state index in [2.05, 4.69) is 0 Å². The molecular formula is C15H17F2N3O2. The highest BCUT2D eigenvalue weighted by Gasteiger charge is 2.46. The molecule has 7 heteroatoms. The first-order valence-corrected chi connectivity index (χ1v) is 7.14. The second-order valence-corrected chi connectivity index (χ2v) is 5.90. The van der Waals surface area contributed by atoms with Gasteiger partial charge in [0, 0.05) is 32.7 Å². The lowest BCUT2D eigenvalue weighted by Crippen LogP contribution is -2.58. The average molecular weight is 309 g/mol. The summed E-state index contributed by atoms with van der Waals surface area (Å²) in [4.78, 5) is 29.2. The maximum Gasteiger partial charge on any atom is 0.321 e. The van der Waals surface area contributed by atoms with Crippen LogP contribution in [0.4, 0.5) is 13.6 Å². The summed E-state index contributed by atoms with van der Waals surface area (Å²) < 4.78 is 26.5. The quantitative estimate of drug-likeness (QED) is 0.829. The van der Waals surface area contributed by atoms with E-state index >= 15 is 0 Å². The third kappa shape index (κ3) is 2.40. The molecule has 0 spiro atoms. The Kier molecular flexibility index (Phi) is 3.50. The highest BCUT2D eigenvalue weighted by Crippen LogP contribution is 2.26. The first-order valence-electron chi connectivity index (χ1n) is 7.14. The van der Waals surface area contributed by atoms with Gasteiger partial charge in [0.15, 0.2) is 0 Å². The summed E-state index contributed by atoms with van der Waals surface area (Å²) in [7, 11) is 1.71. The Morgan fingerprint density at radius 1 is 1.14 bits per heavy atom. The number of piperazine rings is 1. The predicted molar refractivity (Wildman–Crippen MR) is 74.9 cm³/mol. The number of hydrogen-bond donors (Lipinski definition) is 0. The Hall–Kier alpha value is -2.18. The highest BCUT2D eigenvalue weighted by molar-refractivity contribution is 5.89. The molecule has 0 unspecified atom stereocenters. The molecule has 5 nitrogen and oxygen atoms in total. The number of fused-ring (bicyclic) bond motifs is 1. The number of benzene rings is 1. The van der Waals surface area contributed by atoms with E-state index in [0.717, 1.165) is 6.07 Å². The van der Waals surface area contributed by atoms with Gasteiger partial charge in [0.25, 0.3) is 0 Å². The van der Waals surface area contributed by atoms with Gasteiger partial charge >= 0.3 is 6.03 Å². The zero-order valence-electron chi connectivity index (χ0n) is 12.4. The van der Waals surface area contributed by atoms with Gasteiger partial charge in [-0.25, -0.2) is 13.6 Å². The largest absolute Gasteiger partial charge is 0.342 e. The van der Waals surface area contributed by atoms with Gasteiger partial charge in [-0.3, -0.25) is 4.79 Å². The molecule has 118 valence electrons. The Morgan fingerprint density at radius 2 is 1.77 bits per heavy atom. The van der Waals surface area contributed by atoms with Crippen molar-refractivity contribution in [1.29, 1.82) is 0 Å². The van der Waals surface area contributed by atoms with Crippen LogP contribution >= 0.6 is 0 Å². The first-order chi connectivity index (χ1) is 10.4. The third-order valence-corrected chi connectivity index (χ3v) is 4.25. The molecule has 0 bridgehead atoms. The maximum absolute atomic E-state index is 13.3. The van der Waals surface area contributed by atoms with Gasteiger partial charge in [0.05, 0.1) is 6.04 Å². The van der Waals surface area contributed by atoms with Crippen molar-refractivity contribution >= 4 is 11.9 Å². The van der Waals surface area contributed by atoms with Crippen LogP contribution in [0.5, 0.6) is 0 Å². The van der Waals surface area contributed by atoms with E-state index in [9.17, 15) is 18.4 Å². The van der Waals surface area contributed by atoms with Crippen LogP contribution in [-0.4, -0.2) is 58.9 Å². The van der Waals surface area contributed by atoms with Gasteiger partial charge in [-0.1, -0.05) is 0 Å². The maximum atomic E-state index is 13.3. The monoisotopic (exact) mass is 309 g/mol. The van der Waals surface area contributed by atoms with Gasteiger partial charge in [-0.05, 0) is 24.6 Å². The van der Waals surface area contributed by atoms with E-state index < -0.39 is 17.7 Å². The van der Waals surface area contributed by atoms with Crippen molar-refractivity contribution in [2.75, 3.05) is 20.1 Å². The zero-order chi connectivity index (χ0) is 16.0. The summed E-state index contributed by atoms with van der Waals surface area (Å²) in [5.74, 6) is -1.42. The number of hydrogen-bond acceptors (Lipinski definition) is 2. The summed E-state index contributed by atoms with van der Waals surface area (Å²) in [5.41, 5.74) is 0.401. The molecule has 1 aromatic rings. The minimum absolute atomic E-state index is 0.0800. The van der Waals surface area contributed by atoms with Gasteiger partial charge in [0.2, 0.25) is 5.91 Å². The molecular weight excluding hydrogens is 292 g/mol. The standard InChI is InChI=1S/C15H17F2N3O2/c1-9-14(21)18(2)7-13-8-19(15(22)20(9)13)6-10-3-11(16)5-12(17)4-10/h3-5,9,13H,6-8H2,1-2H3/t9-,13+/m0/s1. The number of carbonyl (C=O) groups is 2. The molecule has 3 amide bonds. The number of rotatable bonds is 2. The minimum atomic E-state index is -0.664. The van der Waals surface area contributed by atoms with Crippen LogP contribution in [0.3, 0.4) is 0 Å². The van der Waals surface area contributed by atoms with Crippen LogP contribution < -0.4 is 0 Å². The van der Waals surface area contributed by atoms with Crippen molar-refractivity contribution in [3.8, 4) is 0 Å². The lowest BCUT2D eigenvalue weighted by molar-refractivity contribution is -0.139. The molecule has 3 rings (SSSR count). The fourth-order valence-electron chi connectivity index (χ4n) is 3.27. The SMILES string of the molecule is C[C@H]1C(=O)N(C)C[C@@H]2CN(Cc3cc(F)cc(F)c3)C(=O)N21. The lowest BCUT2D eigenvalue weighted by atomic mass is 10.1. The van der Waals surface area contributed by atoms with Gasteiger partial charge < -0.3 is 14.7 Å². The van der Waals surface area contributed by atoms with Gasteiger partial charge in [0.1, 0.15) is 17.7 Å². The summed E-state index contributed by atoms with van der Waals surface area (Å²) in [6.45, 7) is 2.75. The third-order valence-electron chi connectivity index (χ3n) is 4.25. The van der Waals surface area contributed by atoms with Crippen molar-refractivity contribution in [2.45, 2.75) is 25.6 Å². The first kappa shape index (κ1) is 14.7. The zero-order valence-corrected chi connectivity index (χ0v) is 12.4. The van der Waals surface area contributed by atoms with Crippen LogP contribution in [0.15, 0.2) is 18.2 Å². The molecule has 2 atom stereocenters. The number of amides is 3. The number of carbonyl (C=O) groups excluding carboxylic acids is 2. The molecule has 0 saturated carbocycles. The molecule has 1 aromatic carbocycles. The molecule has 2 aliphatic rings. The van der Waals surface area contributed by atoms with Crippen molar-refractivity contribution in [3.63, 3.8) is 0 Å². The van der Waals surface area contributed by atoms with E-state index in [1.807, 2.05) is 0 Å². The number of likely N-dealkylation sites (N-methyl/N-ethyl adjacent to an activating group) is 1. The fraction of sp³-hybridized carbons (Fsp3) is 0.467. The topological polar surface area (TPSA) is 43.9 Å². The van der Waals surface area contributed by atoms with E-state index in [1.165, 1.54) is 17.0 Å². The molecule has 0 radical (unpaired) electrons. The Labute approximate surface area is 127 Å². The number of halogens is 2. The van der Waals surface area contributed by atoms with Crippen LogP contribution in [-0.2, 0) is 11.3 Å². The van der Waals surface area contributed by atoms with Crippen LogP contribution in [0, 0.1) is 11.6 Å². The van der Waals surface area contributed by atoms with E-state index in [-0.39, 0.29) is 24.5 Å². The Morgan fingerprint density at radius 3 is 2.41 bits per heavy atom.